The molecular weight excluding hydrogens is 352 g/mol. The number of amides is 3. The second kappa shape index (κ2) is 8.64. The first-order chi connectivity index (χ1) is 12.5. The lowest BCUT2D eigenvalue weighted by Crippen LogP contribution is -2.52. The Hall–Kier alpha value is -1.93. The standard InChI is InChI=1S/C18H26N4O3S/c19-15(23)5-9-22-7-3-12(4-8-22)18(25)20-14-1-2-16(24)21-17(14)13-6-10-26-11-13/h6,10-12,14,17H,1-5,7-9H2,(H2,19,23)(H,20,25)(H,21,24)/t14-,17+/m1/s1. The Balaban J connectivity index is 1.52. The highest BCUT2D eigenvalue weighted by atomic mass is 32.1. The molecular formula is C18H26N4O3S. The van der Waals surface area contributed by atoms with Crippen LogP contribution in [-0.2, 0) is 14.4 Å². The average Bonchev–Trinajstić information content (AvgIpc) is 3.16. The normalized spacial score (nSPS) is 24.8. The monoisotopic (exact) mass is 378 g/mol. The number of hydrogen-bond donors (Lipinski definition) is 3. The topological polar surface area (TPSA) is 105 Å². The van der Waals surface area contributed by atoms with E-state index in [-0.39, 0.29) is 35.7 Å². The predicted molar refractivity (Wildman–Crippen MR) is 99.3 cm³/mol. The van der Waals surface area contributed by atoms with Gasteiger partial charge in [0.1, 0.15) is 0 Å². The van der Waals surface area contributed by atoms with Gasteiger partial charge in [-0.2, -0.15) is 11.3 Å². The second-order valence-electron chi connectivity index (χ2n) is 7.09. The first-order valence-electron chi connectivity index (χ1n) is 9.15. The zero-order valence-corrected chi connectivity index (χ0v) is 15.6. The van der Waals surface area contributed by atoms with Crippen LogP contribution in [0.2, 0.25) is 0 Å². The summed E-state index contributed by atoms with van der Waals surface area (Å²) in [7, 11) is 0. The minimum absolute atomic E-state index is 0.0134. The van der Waals surface area contributed by atoms with Crippen LogP contribution >= 0.6 is 11.3 Å². The molecule has 7 nitrogen and oxygen atoms in total. The van der Waals surface area contributed by atoms with Crippen LogP contribution in [0.5, 0.6) is 0 Å². The third kappa shape index (κ3) is 4.82. The number of nitrogens with zero attached hydrogens (tertiary/aromatic N) is 1. The SMILES string of the molecule is NC(=O)CCN1CCC(C(=O)N[C@@H]2CCC(=O)N[C@H]2c2ccsc2)CC1. The molecule has 1 aromatic rings. The van der Waals surface area contributed by atoms with E-state index in [1.165, 1.54) is 0 Å². The van der Waals surface area contributed by atoms with Gasteiger partial charge in [0.15, 0.2) is 0 Å². The van der Waals surface area contributed by atoms with Crippen LogP contribution in [-0.4, -0.2) is 48.3 Å². The molecule has 2 atom stereocenters. The number of primary amides is 1. The molecule has 2 saturated heterocycles. The van der Waals surface area contributed by atoms with Crippen LogP contribution in [0.4, 0.5) is 0 Å². The lowest BCUT2D eigenvalue weighted by atomic mass is 9.91. The van der Waals surface area contributed by atoms with E-state index in [1.807, 2.05) is 16.8 Å². The highest BCUT2D eigenvalue weighted by molar-refractivity contribution is 7.08. The Morgan fingerprint density at radius 2 is 2.08 bits per heavy atom. The molecule has 3 amide bonds. The first kappa shape index (κ1) is 18.8. The molecule has 1 aromatic heterocycles. The van der Waals surface area contributed by atoms with Crippen molar-refractivity contribution in [1.29, 1.82) is 0 Å². The highest BCUT2D eigenvalue weighted by Crippen LogP contribution is 2.27. The van der Waals surface area contributed by atoms with Crippen molar-refractivity contribution in [3.8, 4) is 0 Å². The van der Waals surface area contributed by atoms with Gasteiger partial charge in [0.2, 0.25) is 17.7 Å². The van der Waals surface area contributed by atoms with E-state index in [2.05, 4.69) is 15.5 Å². The summed E-state index contributed by atoms with van der Waals surface area (Å²) in [4.78, 5) is 37.6. The van der Waals surface area contributed by atoms with Crippen molar-refractivity contribution in [2.75, 3.05) is 19.6 Å². The van der Waals surface area contributed by atoms with Gasteiger partial charge < -0.3 is 21.3 Å². The van der Waals surface area contributed by atoms with Crippen molar-refractivity contribution in [2.45, 2.75) is 44.2 Å². The summed E-state index contributed by atoms with van der Waals surface area (Å²) in [6, 6.07) is 1.78. The molecule has 0 aliphatic carbocycles. The Morgan fingerprint density at radius 3 is 2.73 bits per heavy atom. The summed E-state index contributed by atoms with van der Waals surface area (Å²) in [6.07, 6.45) is 3.03. The minimum Gasteiger partial charge on any atom is -0.370 e. The molecule has 8 heteroatoms. The van der Waals surface area contributed by atoms with E-state index in [4.69, 9.17) is 5.73 Å². The Kier molecular flexibility index (Phi) is 6.26. The number of piperidine rings is 2. The zero-order chi connectivity index (χ0) is 18.5. The number of carbonyl (C=O) groups excluding carboxylic acids is 3. The van der Waals surface area contributed by atoms with E-state index < -0.39 is 0 Å². The number of nitrogens with one attached hydrogen (secondary N) is 2. The van der Waals surface area contributed by atoms with Crippen molar-refractivity contribution < 1.29 is 14.4 Å². The molecule has 0 bridgehead atoms. The molecule has 0 unspecified atom stereocenters. The lowest BCUT2D eigenvalue weighted by molar-refractivity contribution is -0.130. The summed E-state index contributed by atoms with van der Waals surface area (Å²) >= 11 is 1.59. The van der Waals surface area contributed by atoms with Gasteiger partial charge in [-0.05, 0) is 54.7 Å². The van der Waals surface area contributed by atoms with Crippen molar-refractivity contribution >= 4 is 29.1 Å². The molecule has 2 fully saturated rings. The minimum atomic E-state index is -0.288. The quantitative estimate of drug-likeness (QED) is 0.680. The van der Waals surface area contributed by atoms with Crippen LogP contribution in [0.3, 0.4) is 0 Å². The number of carbonyl (C=O) groups is 3. The van der Waals surface area contributed by atoms with Crippen LogP contribution in [0.15, 0.2) is 16.8 Å². The van der Waals surface area contributed by atoms with Crippen LogP contribution < -0.4 is 16.4 Å². The fourth-order valence-electron chi connectivity index (χ4n) is 3.71. The molecule has 4 N–H and O–H groups in total. The molecule has 0 aromatic carbocycles. The number of rotatable bonds is 6. The van der Waals surface area contributed by atoms with Gasteiger partial charge in [-0.3, -0.25) is 14.4 Å². The van der Waals surface area contributed by atoms with Crippen molar-refractivity contribution in [2.24, 2.45) is 11.7 Å². The average molecular weight is 378 g/mol. The molecule has 3 heterocycles. The first-order valence-corrected chi connectivity index (χ1v) is 10.1. The van der Waals surface area contributed by atoms with E-state index in [0.29, 0.717) is 25.8 Å². The largest absolute Gasteiger partial charge is 0.370 e. The fraction of sp³-hybridized carbons (Fsp3) is 0.611. The molecule has 26 heavy (non-hydrogen) atoms. The summed E-state index contributed by atoms with van der Waals surface area (Å²) < 4.78 is 0. The van der Waals surface area contributed by atoms with E-state index in [9.17, 15) is 14.4 Å². The Bertz CT molecular complexity index is 641. The lowest BCUT2D eigenvalue weighted by Gasteiger charge is -2.35. The summed E-state index contributed by atoms with van der Waals surface area (Å²) in [5.74, 6) is -0.195. The van der Waals surface area contributed by atoms with E-state index in [0.717, 1.165) is 31.5 Å². The summed E-state index contributed by atoms with van der Waals surface area (Å²) in [5.41, 5.74) is 6.24. The zero-order valence-electron chi connectivity index (χ0n) is 14.8. The molecule has 0 spiro atoms. The molecule has 2 aliphatic rings. The van der Waals surface area contributed by atoms with E-state index in [1.54, 1.807) is 11.3 Å². The molecule has 2 aliphatic heterocycles. The van der Waals surface area contributed by atoms with Crippen molar-refractivity contribution in [3.05, 3.63) is 22.4 Å². The second-order valence-corrected chi connectivity index (χ2v) is 7.87. The van der Waals surface area contributed by atoms with Gasteiger partial charge in [0.05, 0.1) is 12.1 Å². The number of nitrogens with two attached hydrogens (primary N) is 1. The van der Waals surface area contributed by atoms with Crippen LogP contribution in [0.25, 0.3) is 0 Å². The maximum absolute atomic E-state index is 12.7. The van der Waals surface area contributed by atoms with Gasteiger partial charge in [0, 0.05) is 25.3 Å². The molecule has 0 saturated carbocycles. The van der Waals surface area contributed by atoms with Crippen LogP contribution in [0.1, 0.15) is 43.7 Å². The number of thiophene rings is 1. The van der Waals surface area contributed by atoms with Gasteiger partial charge in [-0.1, -0.05) is 0 Å². The summed E-state index contributed by atoms with van der Waals surface area (Å²) in [5, 5.41) is 10.2. The fourth-order valence-corrected chi connectivity index (χ4v) is 4.41. The maximum Gasteiger partial charge on any atom is 0.223 e. The predicted octanol–water partition coefficient (Wildman–Crippen LogP) is 0.771. The Morgan fingerprint density at radius 1 is 1.31 bits per heavy atom. The van der Waals surface area contributed by atoms with Crippen LogP contribution in [0, 0.1) is 5.92 Å². The molecule has 3 rings (SSSR count). The molecule has 142 valence electrons. The van der Waals surface area contributed by atoms with Crippen molar-refractivity contribution in [3.63, 3.8) is 0 Å². The number of hydrogen-bond acceptors (Lipinski definition) is 5. The molecule has 0 radical (unpaired) electrons. The van der Waals surface area contributed by atoms with Gasteiger partial charge in [-0.25, -0.2) is 0 Å². The van der Waals surface area contributed by atoms with E-state index >= 15 is 0 Å². The van der Waals surface area contributed by atoms with Gasteiger partial charge in [-0.15, -0.1) is 0 Å². The van der Waals surface area contributed by atoms with Gasteiger partial charge >= 0.3 is 0 Å². The Labute approximate surface area is 157 Å². The highest BCUT2D eigenvalue weighted by Gasteiger charge is 2.33. The summed E-state index contributed by atoms with van der Waals surface area (Å²) in [6.45, 7) is 2.28. The van der Waals surface area contributed by atoms with Gasteiger partial charge in [0.25, 0.3) is 0 Å². The number of likely N-dealkylation sites (tertiary alicyclic amines) is 1. The smallest absolute Gasteiger partial charge is 0.223 e. The third-order valence-electron chi connectivity index (χ3n) is 5.26. The maximum atomic E-state index is 12.7. The van der Waals surface area contributed by atoms with Crippen molar-refractivity contribution in [1.82, 2.24) is 15.5 Å². The third-order valence-corrected chi connectivity index (χ3v) is 5.97.